The van der Waals surface area contributed by atoms with Crippen molar-refractivity contribution < 1.29 is 9.53 Å². The van der Waals surface area contributed by atoms with Crippen molar-refractivity contribution in [1.82, 2.24) is 9.55 Å². The zero-order valence-corrected chi connectivity index (χ0v) is 17.0. The first-order valence-electron chi connectivity index (χ1n) is 10.2. The molecular weight excluding hydrogens is 362 g/mol. The molecule has 0 saturated carbocycles. The van der Waals surface area contributed by atoms with E-state index < -0.39 is 0 Å². The quantitative estimate of drug-likeness (QED) is 0.680. The standard InChI is InChI=1S/C24H25N3O2/c1-4-29-16-11-9-15(10-12-16)22-21-18(13-24(2,3)14-20(21)28)26-23-25-17-7-5-6-8-19(17)27(22)23/h5-12,22H,4,13-14H2,1-3H3,(H,25,26). The van der Waals surface area contributed by atoms with Gasteiger partial charge in [0.25, 0.3) is 0 Å². The molecule has 5 rings (SSSR count). The Balaban J connectivity index is 1.72. The number of rotatable bonds is 3. The molecule has 148 valence electrons. The molecule has 0 bridgehead atoms. The van der Waals surface area contributed by atoms with E-state index in [4.69, 9.17) is 9.72 Å². The Bertz CT molecular complexity index is 1140. The van der Waals surface area contributed by atoms with E-state index in [0.717, 1.165) is 46.0 Å². The van der Waals surface area contributed by atoms with E-state index in [1.54, 1.807) is 0 Å². The number of hydrogen-bond donors (Lipinski definition) is 1. The van der Waals surface area contributed by atoms with Gasteiger partial charge < -0.3 is 10.1 Å². The van der Waals surface area contributed by atoms with Gasteiger partial charge in [0.15, 0.2) is 5.78 Å². The largest absolute Gasteiger partial charge is 0.494 e. The number of carbonyl (C=O) groups is 1. The number of nitrogens with zero attached hydrogens (tertiary/aromatic N) is 2. The van der Waals surface area contributed by atoms with E-state index in [1.165, 1.54) is 0 Å². The zero-order valence-electron chi connectivity index (χ0n) is 17.0. The molecule has 1 unspecified atom stereocenters. The molecule has 1 atom stereocenters. The van der Waals surface area contributed by atoms with Gasteiger partial charge in [0.05, 0.1) is 23.7 Å². The molecule has 0 radical (unpaired) electrons. The third kappa shape index (κ3) is 2.92. The number of aromatic nitrogens is 2. The van der Waals surface area contributed by atoms with Crippen molar-refractivity contribution in [3.05, 3.63) is 65.4 Å². The lowest BCUT2D eigenvalue weighted by molar-refractivity contribution is -0.118. The minimum atomic E-state index is -0.187. The maximum absolute atomic E-state index is 13.3. The maximum Gasteiger partial charge on any atom is 0.209 e. The van der Waals surface area contributed by atoms with Gasteiger partial charge in [0.2, 0.25) is 5.95 Å². The van der Waals surface area contributed by atoms with Gasteiger partial charge in [-0.15, -0.1) is 0 Å². The fraction of sp³-hybridized carbons (Fsp3) is 0.333. The average Bonchev–Trinajstić information content (AvgIpc) is 3.04. The van der Waals surface area contributed by atoms with Crippen molar-refractivity contribution >= 4 is 22.8 Å². The molecule has 2 heterocycles. The van der Waals surface area contributed by atoms with Crippen LogP contribution < -0.4 is 10.1 Å². The van der Waals surface area contributed by atoms with Crippen LogP contribution in [0.1, 0.15) is 45.2 Å². The Morgan fingerprint density at radius 2 is 1.90 bits per heavy atom. The van der Waals surface area contributed by atoms with Crippen LogP contribution in [0.4, 0.5) is 5.95 Å². The Morgan fingerprint density at radius 1 is 1.14 bits per heavy atom. The van der Waals surface area contributed by atoms with Crippen LogP contribution in [-0.2, 0) is 4.79 Å². The van der Waals surface area contributed by atoms with Gasteiger partial charge in [-0.1, -0.05) is 38.1 Å². The number of fused-ring (bicyclic) bond motifs is 3. The van der Waals surface area contributed by atoms with Crippen molar-refractivity contribution in [2.24, 2.45) is 5.41 Å². The van der Waals surface area contributed by atoms with Crippen molar-refractivity contribution in [3.63, 3.8) is 0 Å². The second-order valence-corrected chi connectivity index (χ2v) is 8.66. The Kier molecular flexibility index (Phi) is 4.02. The van der Waals surface area contributed by atoms with Crippen molar-refractivity contribution in [1.29, 1.82) is 0 Å². The Hall–Kier alpha value is -3.08. The number of allylic oxidation sites excluding steroid dienone is 2. The molecule has 0 fully saturated rings. The van der Waals surface area contributed by atoms with Gasteiger partial charge >= 0.3 is 0 Å². The minimum Gasteiger partial charge on any atom is -0.494 e. The highest BCUT2D eigenvalue weighted by atomic mass is 16.5. The summed E-state index contributed by atoms with van der Waals surface area (Å²) in [6.07, 6.45) is 1.40. The van der Waals surface area contributed by atoms with Crippen LogP contribution in [0.3, 0.4) is 0 Å². The smallest absolute Gasteiger partial charge is 0.209 e. The number of hydrogen-bond acceptors (Lipinski definition) is 4. The normalized spacial score (nSPS) is 20.2. The first-order chi connectivity index (χ1) is 14.0. The van der Waals surface area contributed by atoms with E-state index in [0.29, 0.717) is 13.0 Å². The highest BCUT2D eigenvalue weighted by Gasteiger charge is 2.41. The molecule has 0 amide bonds. The van der Waals surface area contributed by atoms with Gasteiger partial charge in [-0.25, -0.2) is 4.98 Å². The molecule has 1 aromatic heterocycles. The lowest BCUT2D eigenvalue weighted by Gasteiger charge is -2.39. The second kappa shape index (κ2) is 6.48. The Morgan fingerprint density at radius 3 is 2.66 bits per heavy atom. The van der Waals surface area contributed by atoms with Crippen LogP contribution in [0.15, 0.2) is 59.8 Å². The molecule has 2 aromatic carbocycles. The number of carbonyl (C=O) groups excluding carboxylic acids is 1. The van der Waals surface area contributed by atoms with Crippen molar-refractivity contribution in [2.75, 3.05) is 11.9 Å². The number of anilines is 1. The molecule has 29 heavy (non-hydrogen) atoms. The molecule has 5 heteroatoms. The number of imidazole rings is 1. The predicted molar refractivity (Wildman–Crippen MR) is 114 cm³/mol. The van der Waals surface area contributed by atoms with Crippen LogP contribution >= 0.6 is 0 Å². The molecule has 1 N–H and O–H groups in total. The SMILES string of the molecule is CCOc1ccc(C2C3=C(CC(C)(C)CC3=O)Nc3nc4ccccc4n32)cc1. The number of ether oxygens (including phenoxy) is 1. The van der Waals surface area contributed by atoms with Gasteiger partial charge in [-0.05, 0) is 48.6 Å². The number of nitrogens with one attached hydrogen (secondary N) is 1. The summed E-state index contributed by atoms with van der Waals surface area (Å²) in [6, 6.07) is 16.0. The fourth-order valence-electron chi connectivity index (χ4n) is 4.65. The fourth-order valence-corrected chi connectivity index (χ4v) is 4.65. The monoisotopic (exact) mass is 387 g/mol. The van der Waals surface area contributed by atoms with E-state index in [9.17, 15) is 4.79 Å². The molecule has 0 saturated heterocycles. The summed E-state index contributed by atoms with van der Waals surface area (Å²) >= 11 is 0. The third-order valence-electron chi connectivity index (χ3n) is 5.82. The minimum absolute atomic E-state index is 0.0551. The van der Waals surface area contributed by atoms with Crippen LogP contribution in [0.25, 0.3) is 11.0 Å². The first kappa shape index (κ1) is 18.0. The molecular formula is C24H25N3O2. The molecule has 1 aliphatic carbocycles. The van der Waals surface area contributed by atoms with Crippen LogP contribution in [0.5, 0.6) is 5.75 Å². The number of ketones is 1. The average molecular weight is 387 g/mol. The Labute approximate surface area is 170 Å². The molecule has 1 aliphatic heterocycles. The van der Waals surface area contributed by atoms with Crippen molar-refractivity contribution in [3.8, 4) is 5.75 Å². The molecule has 2 aliphatic rings. The first-order valence-corrected chi connectivity index (χ1v) is 10.2. The van der Waals surface area contributed by atoms with Gasteiger partial charge in [-0.3, -0.25) is 9.36 Å². The molecule has 0 spiro atoms. The number of Topliss-reactive ketones (excluding diaryl/α,β-unsaturated/α-hetero) is 1. The number of benzene rings is 2. The van der Waals surface area contributed by atoms with Gasteiger partial charge in [0.1, 0.15) is 5.75 Å². The molecule has 5 nitrogen and oxygen atoms in total. The van der Waals surface area contributed by atoms with Gasteiger partial charge in [-0.2, -0.15) is 0 Å². The van der Waals surface area contributed by atoms with Crippen LogP contribution in [0.2, 0.25) is 0 Å². The maximum atomic E-state index is 13.3. The second-order valence-electron chi connectivity index (χ2n) is 8.66. The van der Waals surface area contributed by atoms with E-state index in [1.807, 2.05) is 37.3 Å². The van der Waals surface area contributed by atoms with E-state index in [-0.39, 0.29) is 17.2 Å². The molecule has 3 aromatic rings. The van der Waals surface area contributed by atoms with Crippen LogP contribution in [-0.4, -0.2) is 21.9 Å². The highest BCUT2D eigenvalue weighted by molar-refractivity contribution is 6.00. The summed E-state index contributed by atoms with van der Waals surface area (Å²) in [4.78, 5) is 18.1. The summed E-state index contributed by atoms with van der Waals surface area (Å²) in [5.74, 6) is 1.85. The van der Waals surface area contributed by atoms with E-state index in [2.05, 4.69) is 41.9 Å². The highest BCUT2D eigenvalue weighted by Crippen LogP contribution is 2.47. The topological polar surface area (TPSA) is 56.1 Å². The lowest BCUT2D eigenvalue weighted by atomic mass is 9.73. The third-order valence-corrected chi connectivity index (χ3v) is 5.82. The van der Waals surface area contributed by atoms with E-state index >= 15 is 0 Å². The summed E-state index contributed by atoms with van der Waals surface area (Å²) in [6.45, 7) is 6.91. The van der Waals surface area contributed by atoms with Crippen molar-refractivity contribution in [2.45, 2.75) is 39.7 Å². The van der Waals surface area contributed by atoms with Gasteiger partial charge in [0, 0.05) is 17.7 Å². The summed E-state index contributed by atoms with van der Waals surface area (Å²) in [7, 11) is 0. The number of para-hydroxylation sites is 2. The zero-order chi connectivity index (χ0) is 20.2. The predicted octanol–water partition coefficient (Wildman–Crippen LogP) is 5.09. The lowest BCUT2D eigenvalue weighted by Crippen LogP contribution is -2.36. The summed E-state index contributed by atoms with van der Waals surface area (Å²) in [5.41, 5.74) is 4.84. The summed E-state index contributed by atoms with van der Waals surface area (Å²) < 4.78 is 7.78. The van der Waals surface area contributed by atoms with Crippen LogP contribution in [0, 0.1) is 5.41 Å². The summed E-state index contributed by atoms with van der Waals surface area (Å²) in [5, 5.41) is 3.49.